The molecule has 12 aromatic rings. The first-order valence-electron chi connectivity index (χ1n) is 22.8. The maximum atomic E-state index is 8.48. The van der Waals surface area contributed by atoms with Crippen LogP contribution in [-0.2, 0) is 0 Å². The summed E-state index contributed by atoms with van der Waals surface area (Å²) in [5.41, 5.74) is 13.6. The second-order valence-corrected chi connectivity index (χ2v) is 17.0. The molecule has 0 spiro atoms. The van der Waals surface area contributed by atoms with Gasteiger partial charge in [-0.2, -0.15) is 0 Å². The molecule has 0 bridgehead atoms. The molecular formula is C64H40N4. The Bertz CT molecular complexity index is 3940. The molecule has 0 N–H and O–H groups in total. The molecule has 0 amide bonds. The maximum Gasteiger partial charge on any atom is 0.195 e. The van der Waals surface area contributed by atoms with Crippen LogP contribution in [0.2, 0.25) is 0 Å². The second kappa shape index (κ2) is 17.2. The highest BCUT2D eigenvalue weighted by Crippen LogP contribution is 2.45. The molecule has 0 unspecified atom stereocenters. The quantitative estimate of drug-likeness (QED) is 0.113. The highest BCUT2D eigenvalue weighted by Gasteiger charge is 2.21. The Morgan fingerprint density at radius 3 is 1.51 bits per heavy atom. The molecule has 0 radical (unpaired) electrons. The van der Waals surface area contributed by atoms with Gasteiger partial charge in [-0.05, 0) is 100 Å². The number of benzene rings is 11. The lowest BCUT2D eigenvalue weighted by molar-refractivity contribution is 1.07. The van der Waals surface area contributed by atoms with E-state index in [9.17, 15) is 0 Å². The summed E-state index contributed by atoms with van der Waals surface area (Å²) in [4.78, 5) is 19.7. The van der Waals surface area contributed by atoms with Crippen LogP contribution in [0.1, 0.15) is 0 Å². The van der Waals surface area contributed by atoms with Crippen molar-refractivity contribution in [2.24, 2.45) is 0 Å². The van der Waals surface area contributed by atoms with Crippen molar-refractivity contribution >= 4 is 38.0 Å². The smallest absolute Gasteiger partial charge is 0.195 e. The van der Waals surface area contributed by atoms with Gasteiger partial charge in [0.15, 0.2) is 23.2 Å². The molecule has 316 valence electrons. The van der Waals surface area contributed by atoms with Crippen LogP contribution in [0.15, 0.2) is 243 Å². The number of rotatable bonds is 8. The van der Waals surface area contributed by atoms with Gasteiger partial charge in [-0.15, -0.1) is 0 Å². The summed E-state index contributed by atoms with van der Waals surface area (Å²) >= 11 is 0. The molecule has 4 heteroatoms. The lowest BCUT2D eigenvalue weighted by Gasteiger charge is -2.18. The molecular weight excluding hydrogens is 825 g/mol. The van der Waals surface area contributed by atoms with Gasteiger partial charge >= 0.3 is 0 Å². The minimum Gasteiger partial charge on any atom is -0.237 e. The van der Waals surface area contributed by atoms with E-state index >= 15 is 0 Å². The van der Waals surface area contributed by atoms with E-state index in [4.69, 9.17) is 21.5 Å². The Labute approximate surface area is 395 Å². The number of nitrogens with zero attached hydrogens (tertiary/aromatic N) is 4. The van der Waals surface area contributed by atoms with Crippen molar-refractivity contribution in [3.63, 3.8) is 0 Å². The average molecular weight is 865 g/mol. The van der Waals surface area contributed by atoms with Crippen LogP contribution < -0.4 is 0 Å². The molecule has 0 aliphatic rings. The van der Waals surface area contributed by atoms with Crippen LogP contribution in [0, 0.1) is 6.57 Å². The van der Waals surface area contributed by atoms with Gasteiger partial charge in [-0.1, -0.05) is 231 Å². The molecule has 0 aliphatic heterocycles. The number of fused-ring (bicyclic) bond motifs is 4. The van der Waals surface area contributed by atoms with Crippen LogP contribution in [0.4, 0.5) is 5.69 Å². The van der Waals surface area contributed by atoms with E-state index < -0.39 is 0 Å². The summed E-state index contributed by atoms with van der Waals surface area (Å²) in [5, 5.41) is 7.26. The summed E-state index contributed by atoms with van der Waals surface area (Å²) < 4.78 is 0. The summed E-state index contributed by atoms with van der Waals surface area (Å²) in [6, 6.07) is 84.6. The Kier molecular flexibility index (Phi) is 10.2. The van der Waals surface area contributed by atoms with Gasteiger partial charge in [-0.3, -0.25) is 0 Å². The maximum absolute atomic E-state index is 8.48. The van der Waals surface area contributed by atoms with E-state index in [0.717, 1.165) is 66.8 Å². The second-order valence-electron chi connectivity index (χ2n) is 17.0. The Balaban J connectivity index is 1.00. The third-order valence-electron chi connectivity index (χ3n) is 13.0. The van der Waals surface area contributed by atoms with Crippen molar-refractivity contribution in [2.75, 3.05) is 0 Å². The first kappa shape index (κ1) is 40.2. The van der Waals surface area contributed by atoms with Gasteiger partial charge in [0, 0.05) is 16.7 Å². The van der Waals surface area contributed by atoms with Crippen molar-refractivity contribution in [3.05, 3.63) is 254 Å². The highest BCUT2D eigenvalue weighted by molar-refractivity contribution is 6.15. The first-order valence-corrected chi connectivity index (χ1v) is 22.8. The van der Waals surface area contributed by atoms with Gasteiger partial charge < -0.3 is 0 Å². The SMILES string of the molecule is [C-]#[N+]c1cccc(-c2ccccc2-c2nc(-c3ccccc3)nc(-c3cccc(-c4cccc5ccccc45)c3)n2)c1-c1cccc(-c2ccccc2-c2cccc3ccc4ccccc4c23)c1. The lowest BCUT2D eigenvalue weighted by atomic mass is 9.87. The lowest BCUT2D eigenvalue weighted by Crippen LogP contribution is -2.01. The molecule has 0 saturated carbocycles. The predicted molar refractivity (Wildman–Crippen MR) is 282 cm³/mol. The molecule has 1 aromatic heterocycles. The monoisotopic (exact) mass is 864 g/mol. The van der Waals surface area contributed by atoms with Crippen molar-refractivity contribution in [1.82, 2.24) is 15.0 Å². The van der Waals surface area contributed by atoms with Gasteiger partial charge in [-0.25, -0.2) is 19.8 Å². The fourth-order valence-corrected chi connectivity index (χ4v) is 9.81. The van der Waals surface area contributed by atoms with Crippen LogP contribution in [0.5, 0.6) is 0 Å². The summed E-state index contributed by atoms with van der Waals surface area (Å²) in [6.07, 6.45) is 0. The molecule has 0 saturated heterocycles. The molecule has 68 heavy (non-hydrogen) atoms. The van der Waals surface area contributed by atoms with Gasteiger partial charge in [0.05, 0.1) is 6.57 Å². The fourth-order valence-electron chi connectivity index (χ4n) is 9.81. The van der Waals surface area contributed by atoms with Gasteiger partial charge in [0.25, 0.3) is 0 Å². The minimum absolute atomic E-state index is 0.546. The van der Waals surface area contributed by atoms with E-state index in [1.165, 1.54) is 37.9 Å². The molecule has 0 aliphatic carbocycles. The Morgan fingerprint density at radius 2 is 0.735 bits per heavy atom. The van der Waals surface area contributed by atoms with Crippen molar-refractivity contribution in [2.45, 2.75) is 0 Å². The van der Waals surface area contributed by atoms with Crippen LogP contribution >= 0.6 is 0 Å². The third kappa shape index (κ3) is 7.26. The minimum atomic E-state index is 0.546. The summed E-state index contributed by atoms with van der Waals surface area (Å²) in [5.74, 6) is 1.70. The fraction of sp³-hybridized carbons (Fsp3) is 0. The molecule has 1 heterocycles. The van der Waals surface area contributed by atoms with E-state index in [1.807, 2.05) is 54.6 Å². The number of hydrogen-bond donors (Lipinski definition) is 0. The zero-order valence-electron chi connectivity index (χ0n) is 36.9. The molecule has 0 atom stereocenters. The van der Waals surface area contributed by atoms with E-state index in [0.29, 0.717) is 23.2 Å². The zero-order valence-corrected chi connectivity index (χ0v) is 36.9. The van der Waals surface area contributed by atoms with Crippen LogP contribution in [0.3, 0.4) is 0 Å². The van der Waals surface area contributed by atoms with Crippen molar-refractivity contribution in [1.29, 1.82) is 0 Å². The van der Waals surface area contributed by atoms with E-state index in [2.05, 4.69) is 193 Å². The largest absolute Gasteiger partial charge is 0.237 e. The van der Waals surface area contributed by atoms with E-state index in [1.54, 1.807) is 0 Å². The van der Waals surface area contributed by atoms with Crippen LogP contribution in [-0.4, -0.2) is 15.0 Å². The van der Waals surface area contributed by atoms with Crippen molar-refractivity contribution < 1.29 is 0 Å². The normalized spacial score (nSPS) is 11.2. The third-order valence-corrected chi connectivity index (χ3v) is 13.0. The van der Waals surface area contributed by atoms with Gasteiger partial charge in [0.1, 0.15) is 0 Å². The standard InChI is InChI=1S/C64H40N4/c1-65-59-37-17-36-57(61(59)48-26-13-24-46(40-48)52-29-9-10-31-54(52)56-35-16-23-44-39-38-43-19-6-8-30-53(43)60(44)56)55-32-11-12-33-58(55)64-67-62(45-20-3-2-4-21-45)66-63(68-64)49-27-14-25-47(41-49)51-34-15-22-42-18-5-7-28-50(42)51/h2-41H. The predicted octanol–water partition coefficient (Wildman–Crippen LogP) is 17.2. The summed E-state index contributed by atoms with van der Waals surface area (Å²) in [7, 11) is 0. The number of aromatic nitrogens is 3. The average Bonchev–Trinajstić information content (AvgIpc) is 3.42. The molecule has 4 nitrogen and oxygen atoms in total. The zero-order chi connectivity index (χ0) is 45.4. The number of hydrogen-bond acceptors (Lipinski definition) is 3. The molecule has 11 aromatic carbocycles. The van der Waals surface area contributed by atoms with E-state index in [-0.39, 0.29) is 0 Å². The topological polar surface area (TPSA) is 43.0 Å². The highest BCUT2D eigenvalue weighted by atomic mass is 15.0. The Morgan fingerprint density at radius 1 is 0.279 bits per heavy atom. The molecule has 12 rings (SSSR count). The summed E-state index contributed by atoms with van der Waals surface area (Å²) in [6.45, 7) is 8.48. The Hall–Kier alpha value is -9.30. The molecule has 0 fully saturated rings. The van der Waals surface area contributed by atoms with Gasteiger partial charge in [0.2, 0.25) is 0 Å². The first-order chi connectivity index (χ1) is 33.7. The van der Waals surface area contributed by atoms with Crippen molar-refractivity contribution in [3.8, 4) is 89.8 Å². The van der Waals surface area contributed by atoms with Crippen LogP contribution in [0.25, 0.3) is 127 Å².